The Morgan fingerprint density at radius 2 is 2.05 bits per heavy atom. The Kier molecular flexibility index (Phi) is 5.98. The second-order valence-electron chi connectivity index (χ2n) is 5.53. The second-order valence-corrected chi connectivity index (χ2v) is 5.53. The zero-order chi connectivity index (χ0) is 15.3. The van der Waals surface area contributed by atoms with Crippen molar-refractivity contribution in [2.75, 3.05) is 26.5 Å². The van der Waals surface area contributed by atoms with Gasteiger partial charge in [-0.1, -0.05) is 19.9 Å². The minimum Gasteiger partial charge on any atom is -0.495 e. The third-order valence-corrected chi connectivity index (χ3v) is 3.04. The number of nitrogens with one attached hydrogen (secondary N) is 1. The summed E-state index contributed by atoms with van der Waals surface area (Å²) in [5.41, 5.74) is 7.62. The zero-order valence-electron chi connectivity index (χ0n) is 12.9. The molecule has 0 bridgehead atoms. The highest BCUT2D eigenvalue weighted by Crippen LogP contribution is 2.26. The van der Waals surface area contributed by atoms with Crippen LogP contribution in [-0.2, 0) is 11.3 Å². The maximum atomic E-state index is 12.1. The summed E-state index contributed by atoms with van der Waals surface area (Å²) in [6.45, 7) is 4.64. The predicted molar refractivity (Wildman–Crippen MR) is 81.8 cm³/mol. The van der Waals surface area contributed by atoms with Crippen LogP contribution in [0.25, 0.3) is 0 Å². The summed E-state index contributed by atoms with van der Waals surface area (Å²) in [6, 6.07) is 5.23. The Bertz CT molecular complexity index is 458. The van der Waals surface area contributed by atoms with Crippen molar-refractivity contribution in [2.45, 2.75) is 26.4 Å². The lowest BCUT2D eigenvalue weighted by atomic mass is 10.0. The number of rotatable bonds is 6. The molecule has 3 N–H and O–H groups in total. The molecule has 1 unspecified atom stereocenters. The third kappa shape index (κ3) is 4.51. The van der Waals surface area contributed by atoms with Gasteiger partial charge in [-0.3, -0.25) is 4.79 Å². The van der Waals surface area contributed by atoms with Crippen molar-refractivity contribution in [1.82, 2.24) is 4.90 Å². The van der Waals surface area contributed by atoms with Crippen molar-refractivity contribution in [3.8, 4) is 5.75 Å². The summed E-state index contributed by atoms with van der Waals surface area (Å²) in [5.74, 6) is 0.531. The quantitative estimate of drug-likeness (QED) is 0.831. The van der Waals surface area contributed by atoms with E-state index in [0.717, 1.165) is 12.1 Å². The molecular formula is C15H25N3O2. The summed E-state index contributed by atoms with van der Waals surface area (Å²) >= 11 is 0. The van der Waals surface area contributed by atoms with Crippen LogP contribution in [0, 0.1) is 5.92 Å². The van der Waals surface area contributed by atoms with E-state index in [1.807, 2.05) is 46.1 Å². The minimum absolute atomic E-state index is 0.0888. The van der Waals surface area contributed by atoms with Crippen LogP contribution in [0.2, 0.25) is 0 Å². The van der Waals surface area contributed by atoms with E-state index >= 15 is 0 Å². The fourth-order valence-corrected chi connectivity index (χ4v) is 1.84. The highest BCUT2D eigenvalue weighted by molar-refractivity contribution is 5.96. The van der Waals surface area contributed by atoms with Gasteiger partial charge in [0, 0.05) is 6.54 Å². The van der Waals surface area contributed by atoms with E-state index in [0.29, 0.717) is 11.4 Å². The van der Waals surface area contributed by atoms with E-state index in [1.165, 1.54) is 0 Å². The van der Waals surface area contributed by atoms with Gasteiger partial charge in [-0.05, 0) is 37.7 Å². The molecule has 20 heavy (non-hydrogen) atoms. The van der Waals surface area contributed by atoms with Crippen LogP contribution >= 0.6 is 0 Å². The van der Waals surface area contributed by atoms with Crippen molar-refractivity contribution in [1.29, 1.82) is 0 Å². The van der Waals surface area contributed by atoms with Crippen LogP contribution in [0.1, 0.15) is 19.4 Å². The molecule has 1 amide bonds. The molecule has 0 saturated heterocycles. The monoisotopic (exact) mass is 279 g/mol. The standard InChI is InChI=1S/C15H25N3O2/c1-10(2)14(16)15(19)17-12-8-11(9-18(3)4)6-7-13(12)20-5/h6-8,10,14H,9,16H2,1-5H3,(H,17,19). The second kappa shape index (κ2) is 7.26. The summed E-state index contributed by atoms with van der Waals surface area (Å²) < 4.78 is 5.28. The molecule has 5 heteroatoms. The van der Waals surface area contributed by atoms with Crippen LogP contribution in [0.4, 0.5) is 5.69 Å². The maximum Gasteiger partial charge on any atom is 0.241 e. The number of benzene rings is 1. The Morgan fingerprint density at radius 3 is 2.55 bits per heavy atom. The molecule has 1 aromatic carbocycles. The molecule has 0 spiro atoms. The number of ether oxygens (including phenoxy) is 1. The molecule has 0 saturated carbocycles. The topological polar surface area (TPSA) is 67.6 Å². The summed E-state index contributed by atoms with van der Waals surface area (Å²) in [4.78, 5) is 14.1. The van der Waals surface area contributed by atoms with Crippen LogP contribution in [0.3, 0.4) is 0 Å². The molecule has 5 nitrogen and oxygen atoms in total. The Hall–Kier alpha value is -1.59. The van der Waals surface area contributed by atoms with Gasteiger partial charge in [0.05, 0.1) is 18.8 Å². The van der Waals surface area contributed by atoms with Gasteiger partial charge in [0.25, 0.3) is 0 Å². The number of nitrogens with zero attached hydrogens (tertiary/aromatic N) is 1. The first kappa shape index (κ1) is 16.5. The fourth-order valence-electron chi connectivity index (χ4n) is 1.84. The van der Waals surface area contributed by atoms with E-state index in [-0.39, 0.29) is 11.8 Å². The van der Waals surface area contributed by atoms with Gasteiger partial charge in [0.1, 0.15) is 5.75 Å². The number of hydrogen-bond donors (Lipinski definition) is 2. The molecule has 0 aromatic heterocycles. The first-order chi connectivity index (χ1) is 9.35. The Labute approximate surface area is 121 Å². The minimum atomic E-state index is -0.530. The van der Waals surface area contributed by atoms with Crippen molar-refractivity contribution in [3.05, 3.63) is 23.8 Å². The number of nitrogens with two attached hydrogens (primary N) is 1. The SMILES string of the molecule is COc1ccc(CN(C)C)cc1NC(=O)C(N)C(C)C. The highest BCUT2D eigenvalue weighted by Gasteiger charge is 2.18. The van der Waals surface area contributed by atoms with Crippen LogP contribution in [0.5, 0.6) is 5.75 Å². The molecule has 1 aromatic rings. The van der Waals surface area contributed by atoms with E-state index in [2.05, 4.69) is 10.2 Å². The van der Waals surface area contributed by atoms with E-state index in [9.17, 15) is 4.79 Å². The van der Waals surface area contributed by atoms with Crippen LogP contribution in [0.15, 0.2) is 18.2 Å². The number of carbonyl (C=O) groups excluding carboxylic acids is 1. The van der Waals surface area contributed by atoms with Gasteiger partial charge in [0.2, 0.25) is 5.91 Å². The largest absolute Gasteiger partial charge is 0.495 e. The summed E-state index contributed by atoms with van der Waals surface area (Å²) in [5, 5.41) is 2.85. The average Bonchev–Trinajstić information content (AvgIpc) is 2.37. The molecule has 0 fully saturated rings. The summed E-state index contributed by atoms with van der Waals surface area (Å²) in [7, 11) is 5.58. The molecule has 0 aliphatic heterocycles. The van der Waals surface area contributed by atoms with Crippen LogP contribution in [-0.4, -0.2) is 38.1 Å². The number of methoxy groups -OCH3 is 1. The zero-order valence-corrected chi connectivity index (χ0v) is 12.9. The first-order valence-electron chi connectivity index (χ1n) is 6.73. The number of amides is 1. The third-order valence-electron chi connectivity index (χ3n) is 3.04. The lowest BCUT2D eigenvalue weighted by Crippen LogP contribution is -2.39. The lowest BCUT2D eigenvalue weighted by molar-refractivity contribution is -0.118. The molecule has 0 heterocycles. The van der Waals surface area contributed by atoms with Crippen molar-refractivity contribution in [2.24, 2.45) is 11.7 Å². The number of anilines is 1. The molecule has 1 atom stereocenters. The van der Waals surface area contributed by atoms with Gasteiger partial charge in [-0.25, -0.2) is 0 Å². The Morgan fingerprint density at radius 1 is 1.40 bits per heavy atom. The maximum absolute atomic E-state index is 12.1. The van der Waals surface area contributed by atoms with Gasteiger partial charge in [-0.2, -0.15) is 0 Å². The van der Waals surface area contributed by atoms with Crippen molar-refractivity contribution in [3.63, 3.8) is 0 Å². The smallest absolute Gasteiger partial charge is 0.241 e. The van der Waals surface area contributed by atoms with E-state index < -0.39 is 6.04 Å². The molecular weight excluding hydrogens is 254 g/mol. The number of hydrogen-bond acceptors (Lipinski definition) is 4. The van der Waals surface area contributed by atoms with Crippen LogP contribution < -0.4 is 15.8 Å². The molecule has 0 radical (unpaired) electrons. The highest BCUT2D eigenvalue weighted by atomic mass is 16.5. The van der Waals surface area contributed by atoms with Gasteiger partial charge >= 0.3 is 0 Å². The Balaban J connectivity index is 2.93. The predicted octanol–water partition coefficient (Wildman–Crippen LogP) is 1.68. The van der Waals surface area contributed by atoms with E-state index in [1.54, 1.807) is 7.11 Å². The molecule has 0 aliphatic carbocycles. The van der Waals surface area contributed by atoms with Crippen molar-refractivity contribution < 1.29 is 9.53 Å². The summed E-state index contributed by atoms with van der Waals surface area (Å²) in [6.07, 6.45) is 0. The lowest BCUT2D eigenvalue weighted by Gasteiger charge is -2.18. The molecule has 1 rings (SSSR count). The van der Waals surface area contributed by atoms with Gasteiger partial charge in [-0.15, -0.1) is 0 Å². The average molecular weight is 279 g/mol. The molecule has 112 valence electrons. The molecule has 0 aliphatic rings. The van der Waals surface area contributed by atoms with Gasteiger partial charge < -0.3 is 20.7 Å². The first-order valence-corrected chi connectivity index (χ1v) is 6.73. The fraction of sp³-hybridized carbons (Fsp3) is 0.533. The van der Waals surface area contributed by atoms with Gasteiger partial charge in [0.15, 0.2) is 0 Å². The number of carbonyl (C=O) groups is 1. The normalized spacial score (nSPS) is 12.6. The van der Waals surface area contributed by atoms with Crippen molar-refractivity contribution >= 4 is 11.6 Å². The van der Waals surface area contributed by atoms with E-state index in [4.69, 9.17) is 10.5 Å².